The highest BCUT2D eigenvalue weighted by atomic mass is 35.5. The van der Waals surface area contributed by atoms with Gasteiger partial charge in [0.05, 0.1) is 0 Å². The van der Waals surface area contributed by atoms with E-state index in [1.165, 1.54) is 6.07 Å². The van der Waals surface area contributed by atoms with Crippen molar-refractivity contribution in [2.24, 2.45) is 0 Å². The molecule has 0 saturated carbocycles. The van der Waals surface area contributed by atoms with Gasteiger partial charge in [0.25, 0.3) is 0 Å². The average Bonchev–Trinajstić information content (AvgIpc) is 2.14. The fourth-order valence-corrected chi connectivity index (χ4v) is 1.90. The molecule has 3 N–H and O–H groups in total. The second kappa shape index (κ2) is 4.38. The second-order valence-electron chi connectivity index (χ2n) is 3.30. The zero-order chi connectivity index (χ0) is 11.6. The van der Waals surface area contributed by atoms with Gasteiger partial charge in [0.2, 0.25) is 0 Å². The quantitative estimate of drug-likeness (QED) is 0.616. The van der Waals surface area contributed by atoms with Crippen LogP contribution in [-0.4, -0.2) is 24.5 Å². The van der Waals surface area contributed by atoms with E-state index in [1.54, 1.807) is 18.2 Å². The molecule has 0 aliphatic rings. The van der Waals surface area contributed by atoms with E-state index in [2.05, 4.69) is 0 Å². The van der Waals surface area contributed by atoms with Crippen molar-refractivity contribution in [3.63, 3.8) is 0 Å². The maximum Gasteiger partial charge on any atom is 0.167 e. The highest BCUT2D eigenvalue weighted by Gasteiger charge is 2.27. The molecule has 0 aromatic heterocycles. The first-order valence-corrected chi connectivity index (χ1v) is 6.58. The molecule has 0 fully saturated rings. The molecule has 2 atom stereocenters. The number of sulfone groups is 1. The molecule has 15 heavy (non-hydrogen) atoms. The third kappa shape index (κ3) is 3.09. The number of benzene rings is 1. The summed E-state index contributed by atoms with van der Waals surface area (Å²) >= 11 is 5.62. The van der Waals surface area contributed by atoms with Gasteiger partial charge in [-0.3, -0.25) is 0 Å². The number of hydrogen-bond donors (Lipinski definition) is 2. The Bertz CT molecular complexity index is 446. The van der Waals surface area contributed by atoms with Gasteiger partial charge in [-0.2, -0.15) is 0 Å². The summed E-state index contributed by atoms with van der Waals surface area (Å²) in [6.45, 7) is 0. The third-order valence-electron chi connectivity index (χ3n) is 1.91. The number of nitrogen functional groups attached to an aromatic ring is 1. The predicted octanol–water partition coefficient (Wildman–Crippen LogP) is 0.912. The standard InChI is InChI=1S/C9H12ClNO3S/c1-15(13,14)9(10)8(12)6-3-2-4-7(11)5-6/h2-5,8-9,12H,11H2,1H3. The lowest BCUT2D eigenvalue weighted by atomic mass is 10.1. The van der Waals surface area contributed by atoms with Crippen molar-refractivity contribution in [1.82, 2.24) is 0 Å². The Morgan fingerprint density at radius 2 is 2.07 bits per heavy atom. The van der Waals surface area contributed by atoms with Crippen molar-refractivity contribution in [3.8, 4) is 0 Å². The van der Waals surface area contributed by atoms with Crippen LogP contribution in [0.5, 0.6) is 0 Å². The number of nitrogens with two attached hydrogens (primary N) is 1. The normalized spacial score (nSPS) is 15.9. The molecule has 0 saturated heterocycles. The van der Waals surface area contributed by atoms with Crippen molar-refractivity contribution >= 4 is 27.1 Å². The van der Waals surface area contributed by atoms with Gasteiger partial charge in [0, 0.05) is 11.9 Å². The molecule has 0 spiro atoms. The lowest BCUT2D eigenvalue weighted by Gasteiger charge is -2.15. The van der Waals surface area contributed by atoms with E-state index in [4.69, 9.17) is 17.3 Å². The minimum Gasteiger partial charge on any atom is -0.399 e. The Morgan fingerprint density at radius 1 is 1.47 bits per heavy atom. The molecule has 2 unspecified atom stereocenters. The monoisotopic (exact) mass is 249 g/mol. The largest absolute Gasteiger partial charge is 0.399 e. The number of aliphatic hydroxyl groups is 1. The van der Waals surface area contributed by atoms with Gasteiger partial charge in [-0.1, -0.05) is 12.1 Å². The fourth-order valence-electron chi connectivity index (χ4n) is 1.13. The zero-order valence-electron chi connectivity index (χ0n) is 8.09. The number of hydrogen-bond acceptors (Lipinski definition) is 4. The molecule has 0 aliphatic heterocycles. The van der Waals surface area contributed by atoms with Crippen molar-refractivity contribution in [1.29, 1.82) is 0 Å². The Balaban J connectivity index is 3.00. The van der Waals surface area contributed by atoms with Gasteiger partial charge in [-0.05, 0) is 17.7 Å². The summed E-state index contributed by atoms with van der Waals surface area (Å²) in [6.07, 6.45) is -0.301. The number of alkyl halides is 1. The number of anilines is 1. The first kappa shape index (κ1) is 12.3. The van der Waals surface area contributed by atoms with Crippen LogP contribution >= 0.6 is 11.6 Å². The van der Waals surface area contributed by atoms with E-state index in [0.29, 0.717) is 11.3 Å². The van der Waals surface area contributed by atoms with Crippen molar-refractivity contribution in [2.75, 3.05) is 12.0 Å². The molecule has 84 valence electrons. The molecule has 0 bridgehead atoms. The van der Waals surface area contributed by atoms with Gasteiger partial charge in [0.15, 0.2) is 14.5 Å². The van der Waals surface area contributed by atoms with Crippen LogP contribution < -0.4 is 5.73 Å². The molecule has 4 nitrogen and oxygen atoms in total. The molecule has 0 aliphatic carbocycles. The Hall–Kier alpha value is -0.780. The molecular formula is C9H12ClNO3S. The number of aliphatic hydroxyl groups excluding tert-OH is 1. The molecule has 1 aromatic carbocycles. The van der Waals surface area contributed by atoms with Crippen LogP contribution in [-0.2, 0) is 9.84 Å². The van der Waals surface area contributed by atoms with Crippen LogP contribution in [0.3, 0.4) is 0 Å². The lowest BCUT2D eigenvalue weighted by molar-refractivity contribution is 0.192. The summed E-state index contributed by atoms with van der Waals surface area (Å²) in [5.41, 5.74) is 6.34. The summed E-state index contributed by atoms with van der Waals surface area (Å²) < 4.78 is 20.9. The number of halogens is 1. The van der Waals surface area contributed by atoms with Gasteiger partial charge >= 0.3 is 0 Å². The molecule has 6 heteroatoms. The third-order valence-corrected chi connectivity index (χ3v) is 4.19. The fraction of sp³-hybridized carbons (Fsp3) is 0.333. The van der Waals surface area contributed by atoms with Crippen molar-refractivity contribution in [2.45, 2.75) is 10.8 Å². The van der Waals surface area contributed by atoms with Gasteiger partial charge in [0.1, 0.15) is 6.10 Å². The predicted molar refractivity (Wildman–Crippen MR) is 60.3 cm³/mol. The molecule has 0 heterocycles. The number of rotatable bonds is 3. The van der Waals surface area contributed by atoms with Crippen molar-refractivity contribution in [3.05, 3.63) is 29.8 Å². The maximum atomic E-state index is 11.1. The van der Waals surface area contributed by atoms with Crippen LogP contribution in [0, 0.1) is 0 Å². The van der Waals surface area contributed by atoms with E-state index in [1.807, 2.05) is 0 Å². The van der Waals surface area contributed by atoms with E-state index >= 15 is 0 Å². The summed E-state index contributed by atoms with van der Waals surface area (Å²) in [5, 5.41) is 9.68. The van der Waals surface area contributed by atoms with Crippen LogP contribution in [0.4, 0.5) is 5.69 Å². The molecule has 1 aromatic rings. The average molecular weight is 250 g/mol. The summed E-state index contributed by atoms with van der Waals surface area (Å²) in [5.74, 6) is 0. The topological polar surface area (TPSA) is 80.4 Å². The van der Waals surface area contributed by atoms with Crippen molar-refractivity contribution < 1.29 is 13.5 Å². The molecule has 1 rings (SSSR count). The van der Waals surface area contributed by atoms with E-state index in [0.717, 1.165) is 6.26 Å². The van der Waals surface area contributed by atoms with Gasteiger partial charge in [-0.15, -0.1) is 11.6 Å². The van der Waals surface area contributed by atoms with E-state index < -0.39 is 20.7 Å². The smallest absolute Gasteiger partial charge is 0.167 e. The molecular weight excluding hydrogens is 238 g/mol. The van der Waals surface area contributed by atoms with Gasteiger partial charge in [-0.25, -0.2) is 8.42 Å². The highest BCUT2D eigenvalue weighted by molar-refractivity contribution is 7.92. The highest BCUT2D eigenvalue weighted by Crippen LogP contribution is 2.25. The summed E-state index contributed by atoms with van der Waals surface area (Å²) in [7, 11) is -3.49. The van der Waals surface area contributed by atoms with E-state index in [9.17, 15) is 13.5 Å². The lowest BCUT2D eigenvalue weighted by Crippen LogP contribution is -2.21. The van der Waals surface area contributed by atoms with E-state index in [-0.39, 0.29) is 0 Å². The molecule has 0 amide bonds. The maximum absolute atomic E-state index is 11.1. The first-order chi connectivity index (χ1) is 6.82. The minimum absolute atomic E-state index is 0.389. The zero-order valence-corrected chi connectivity index (χ0v) is 9.66. The molecule has 0 radical (unpaired) electrons. The first-order valence-electron chi connectivity index (χ1n) is 4.19. The Labute approximate surface area is 93.6 Å². The second-order valence-corrected chi connectivity index (χ2v) is 6.19. The van der Waals surface area contributed by atoms with Gasteiger partial charge < -0.3 is 10.8 Å². The Kier molecular flexibility index (Phi) is 3.59. The van der Waals surface area contributed by atoms with Crippen LogP contribution in [0.1, 0.15) is 11.7 Å². The summed E-state index contributed by atoms with van der Waals surface area (Å²) in [6, 6.07) is 6.33. The summed E-state index contributed by atoms with van der Waals surface area (Å²) in [4.78, 5) is 0. The van der Waals surface area contributed by atoms with Crippen LogP contribution in [0.25, 0.3) is 0 Å². The van der Waals surface area contributed by atoms with Crippen LogP contribution in [0.2, 0.25) is 0 Å². The SMILES string of the molecule is CS(=O)(=O)C(Cl)C(O)c1cccc(N)c1. The van der Waals surface area contributed by atoms with Crippen LogP contribution in [0.15, 0.2) is 24.3 Å². The minimum atomic E-state index is -3.49. The Morgan fingerprint density at radius 3 is 2.53 bits per heavy atom.